The monoisotopic (exact) mass is 255 g/mol. The van der Waals surface area contributed by atoms with Crippen LogP contribution in [0.5, 0.6) is 0 Å². The lowest BCUT2D eigenvalue weighted by Crippen LogP contribution is -2.06. The van der Waals surface area contributed by atoms with Crippen LogP contribution in [0.3, 0.4) is 0 Å². The van der Waals surface area contributed by atoms with E-state index in [0.29, 0.717) is 25.7 Å². The first kappa shape index (κ1) is 5.60. The van der Waals surface area contributed by atoms with Crippen molar-refractivity contribution in [2.75, 3.05) is 0 Å². The molecule has 0 aliphatic heterocycles. The van der Waals surface area contributed by atoms with Crippen LogP contribution in [0, 0.1) is 0 Å². The largest absolute Gasteiger partial charge is 0.481 e. The highest BCUT2D eigenvalue weighted by molar-refractivity contribution is 5.66. The zero-order chi connectivity index (χ0) is 22.6. The van der Waals surface area contributed by atoms with E-state index in [4.69, 9.17) is 20.2 Å². The van der Waals surface area contributed by atoms with Gasteiger partial charge in [-0.25, -0.2) is 0 Å². The van der Waals surface area contributed by atoms with Gasteiger partial charge in [0.05, 0.1) is 6.10 Å². The molecule has 0 heterocycles. The molecular weight excluding hydrogens is 216 g/mol. The van der Waals surface area contributed by atoms with Gasteiger partial charge in [0.1, 0.15) is 0 Å². The average Bonchev–Trinajstić information content (AvgIpc) is 2.48. The number of carbonyl (C=O) groups is 1. The summed E-state index contributed by atoms with van der Waals surface area (Å²) in [5.74, 6) is -0.915. The Hall–Kier alpha value is -0.570. The number of aliphatic hydroxyl groups excluding tert-OH is 1. The molecule has 102 valence electrons. The van der Waals surface area contributed by atoms with E-state index in [0.717, 1.165) is 0 Å². The molecule has 0 unspecified atom stereocenters. The molecule has 0 saturated heterocycles. The van der Waals surface area contributed by atoms with Gasteiger partial charge in [-0.1, -0.05) is 51.6 Å². The van der Waals surface area contributed by atoms with E-state index in [9.17, 15) is 9.90 Å². The molecule has 0 rings (SSSR count). The van der Waals surface area contributed by atoms with Crippen molar-refractivity contribution >= 4 is 5.97 Å². The van der Waals surface area contributed by atoms with Crippen molar-refractivity contribution in [3.05, 3.63) is 0 Å². The smallest absolute Gasteiger partial charge is 0.303 e. The summed E-state index contributed by atoms with van der Waals surface area (Å²) in [4.78, 5) is 10.4. The maximum absolute atomic E-state index is 10.4. The van der Waals surface area contributed by atoms with Crippen LogP contribution in [0.15, 0.2) is 0 Å². The van der Waals surface area contributed by atoms with Gasteiger partial charge < -0.3 is 10.2 Å². The molecular formula is C14H28O3. The second-order valence-corrected chi connectivity index (χ2v) is 3.76. The van der Waals surface area contributed by atoms with Crippen LogP contribution in [-0.2, 0) is 4.79 Å². The molecule has 0 fully saturated rings. The summed E-state index contributed by atoms with van der Waals surface area (Å²) < 4.78 is 83.3. The summed E-state index contributed by atoms with van der Waals surface area (Å²) in [6, 6.07) is 0. The summed E-state index contributed by atoms with van der Waals surface area (Å²) in [6.45, 7) is -3.52. The highest BCUT2D eigenvalue weighted by Crippen LogP contribution is 2.12. The molecule has 0 radical (unpaired) electrons. The SMILES string of the molecule is [2H]C([2H])([2H])C([2H])([2H])C([2H])([2H])C([2H])([2H])C([2H])([2H])C[C@H](O)CCCCCCC(=O)O. The molecule has 0 aromatic carbocycles. The molecule has 17 heavy (non-hydrogen) atoms. The van der Waals surface area contributed by atoms with Crippen LogP contribution in [-0.4, -0.2) is 22.3 Å². The van der Waals surface area contributed by atoms with Crippen LogP contribution >= 0.6 is 0 Å². The normalized spacial score (nSPS) is 26.3. The van der Waals surface area contributed by atoms with E-state index in [1.165, 1.54) is 0 Å². The molecule has 0 aromatic heterocycles. The Morgan fingerprint density at radius 2 is 1.94 bits per heavy atom. The van der Waals surface area contributed by atoms with Crippen LogP contribution in [0.1, 0.15) is 92.4 Å². The first-order valence-electron chi connectivity index (χ1n) is 11.2. The number of aliphatic carboxylic acids is 1. The number of unbranched alkanes of at least 4 members (excludes halogenated alkanes) is 3. The molecule has 0 bridgehead atoms. The van der Waals surface area contributed by atoms with Gasteiger partial charge in [0.15, 0.2) is 0 Å². The Labute approximate surface area is 121 Å². The third-order valence-electron chi connectivity index (χ3n) is 2.23. The first-order chi connectivity index (χ1) is 12.3. The molecule has 0 spiro atoms. The Balaban J connectivity index is 4.99. The Bertz CT molecular complexity index is 517. The predicted octanol–water partition coefficient (Wildman–Crippen LogP) is 3.74. The summed E-state index contributed by atoms with van der Waals surface area (Å²) in [7, 11) is 0. The van der Waals surface area contributed by atoms with Crippen molar-refractivity contribution in [1.82, 2.24) is 0 Å². The van der Waals surface area contributed by atoms with Crippen molar-refractivity contribution < 1.29 is 30.1 Å². The van der Waals surface area contributed by atoms with E-state index in [1.54, 1.807) is 0 Å². The van der Waals surface area contributed by atoms with E-state index in [-0.39, 0.29) is 12.8 Å². The number of aliphatic hydroxyl groups is 1. The standard InChI is InChI=1S/C14H28O3/c1-2-3-4-7-10-13(15)11-8-5-6-9-12-14(16)17/h13,15H,2-12H2,1H3,(H,16,17)/t13-/m0/s1/i1D3,2D2,3D2,4D2,7D2. The lowest BCUT2D eigenvalue weighted by molar-refractivity contribution is -0.137. The summed E-state index contributed by atoms with van der Waals surface area (Å²) >= 11 is 0. The minimum Gasteiger partial charge on any atom is -0.481 e. The van der Waals surface area contributed by atoms with Crippen LogP contribution < -0.4 is 0 Å². The fourth-order valence-electron chi connectivity index (χ4n) is 1.36. The highest BCUT2D eigenvalue weighted by Gasteiger charge is 2.03. The predicted molar refractivity (Wildman–Crippen MR) is 70.1 cm³/mol. The number of carboxylic acids is 1. The third kappa shape index (κ3) is 13.4. The molecule has 3 heteroatoms. The van der Waals surface area contributed by atoms with Crippen molar-refractivity contribution in [2.24, 2.45) is 0 Å². The van der Waals surface area contributed by atoms with Gasteiger partial charge in [-0.2, -0.15) is 0 Å². The van der Waals surface area contributed by atoms with Gasteiger partial charge in [-0.3, -0.25) is 4.79 Å². The van der Waals surface area contributed by atoms with E-state index in [1.807, 2.05) is 0 Å². The average molecular weight is 255 g/mol. The van der Waals surface area contributed by atoms with Gasteiger partial charge >= 0.3 is 5.97 Å². The van der Waals surface area contributed by atoms with Crippen molar-refractivity contribution in [1.29, 1.82) is 0 Å². The fraction of sp³-hybridized carbons (Fsp3) is 0.929. The highest BCUT2D eigenvalue weighted by atomic mass is 16.4. The second kappa shape index (κ2) is 11.9. The van der Waals surface area contributed by atoms with Crippen molar-refractivity contribution in [3.63, 3.8) is 0 Å². The topological polar surface area (TPSA) is 57.5 Å². The van der Waals surface area contributed by atoms with E-state index < -0.39 is 50.8 Å². The van der Waals surface area contributed by atoms with Crippen molar-refractivity contribution in [3.8, 4) is 0 Å². The second-order valence-electron chi connectivity index (χ2n) is 3.76. The van der Waals surface area contributed by atoms with E-state index in [2.05, 4.69) is 0 Å². The van der Waals surface area contributed by atoms with Gasteiger partial charge in [0.25, 0.3) is 0 Å². The molecule has 0 saturated carbocycles. The Kier molecular flexibility index (Phi) is 3.92. The molecule has 1 atom stereocenters. The lowest BCUT2D eigenvalue weighted by Gasteiger charge is -2.09. The number of hydrogen-bond acceptors (Lipinski definition) is 2. The summed E-state index contributed by atoms with van der Waals surface area (Å²) in [5, 5.41) is 18.5. The minimum absolute atomic E-state index is 0.0197. The van der Waals surface area contributed by atoms with Crippen LogP contribution in [0.25, 0.3) is 0 Å². The number of carboxylic acid groups (broad SMARTS) is 1. The van der Waals surface area contributed by atoms with Crippen molar-refractivity contribution in [2.45, 2.75) is 83.4 Å². The van der Waals surface area contributed by atoms with E-state index >= 15 is 0 Å². The zero-order valence-electron chi connectivity index (χ0n) is 20.8. The minimum atomic E-state index is -3.70. The third-order valence-corrected chi connectivity index (χ3v) is 2.23. The Morgan fingerprint density at radius 3 is 2.65 bits per heavy atom. The maximum Gasteiger partial charge on any atom is 0.303 e. The molecule has 0 aliphatic carbocycles. The molecule has 0 aromatic rings. The quantitative estimate of drug-likeness (QED) is 0.522. The lowest BCUT2D eigenvalue weighted by atomic mass is 10.0. The number of hydrogen-bond donors (Lipinski definition) is 2. The van der Waals surface area contributed by atoms with Gasteiger partial charge in [0.2, 0.25) is 0 Å². The van der Waals surface area contributed by atoms with Gasteiger partial charge in [0, 0.05) is 21.5 Å². The van der Waals surface area contributed by atoms with Gasteiger partial charge in [-0.15, -0.1) is 0 Å². The maximum atomic E-state index is 10.4. The van der Waals surface area contributed by atoms with Crippen LogP contribution in [0.2, 0.25) is 0 Å². The molecule has 0 amide bonds. The molecule has 3 nitrogen and oxygen atoms in total. The van der Waals surface area contributed by atoms with Crippen LogP contribution in [0.4, 0.5) is 0 Å². The first-order valence-corrected chi connectivity index (χ1v) is 5.71. The number of rotatable bonds is 12. The fourth-order valence-corrected chi connectivity index (χ4v) is 1.36. The molecule has 0 aliphatic rings. The van der Waals surface area contributed by atoms with Gasteiger partial charge in [-0.05, 0) is 19.3 Å². The summed E-state index contributed by atoms with van der Waals surface area (Å²) in [5.41, 5.74) is 0. The molecule has 2 N–H and O–H groups in total. The Morgan fingerprint density at radius 1 is 1.18 bits per heavy atom. The summed E-state index contributed by atoms with van der Waals surface area (Å²) in [6.07, 6.45) is -14.0. The zero-order valence-corrected chi connectivity index (χ0v) is 9.83.